The third-order valence-electron chi connectivity index (χ3n) is 14.4. The molecule has 1 aromatic heterocycles. The Morgan fingerprint density at radius 2 is 1.73 bits per heavy atom. The van der Waals surface area contributed by atoms with E-state index in [1.165, 1.54) is 13.1 Å². The molecule has 3 aliphatic carbocycles. The van der Waals surface area contributed by atoms with E-state index >= 15 is 0 Å². The van der Waals surface area contributed by atoms with E-state index in [1.54, 1.807) is 69.3 Å². The summed E-state index contributed by atoms with van der Waals surface area (Å²) < 4.78 is 45.0. The molecular weight excluding hydrogens is 815 g/mol. The first-order chi connectivity index (χ1) is 29.7. The van der Waals surface area contributed by atoms with Crippen molar-refractivity contribution < 1.29 is 62.5 Å². The number of nitrogens with zero attached hydrogens (tertiary/aromatic N) is 2. The second-order valence-corrected chi connectivity index (χ2v) is 19.9. The van der Waals surface area contributed by atoms with Gasteiger partial charge in [-0.3, -0.25) is 14.7 Å². The highest BCUT2D eigenvalue weighted by molar-refractivity contribution is 5.89. The average Bonchev–Trinajstić information content (AvgIpc) is 3.62. The van der Waals surface area contributed by atoms with Gasteiger partial charge in [-0.05, 0) is 95.5 Å². The molecule has 2 aromatic rings. The maximum absolute atomic E-state index is 14.5. The van der Waals surface area contributed by atoms with Gasteiger partial charge in [0.1, 0.15) is 41.7 Å². The predicted molar refractivity (Wildman–Crippen MR) is 224 cm³/mol. The fourth-order valence-corrected chi connectivity index (χ4v) is 11.2. The minimum absolute atomic E-state index is 0.0191. The first kappa shape index (κ1) is 45.1. The van der Waals surface area contributed by atoms with Gasteiger partial charge in [0.05, 0.1) is 29.9 Å². The van der Waals surface area contributed by atoms with Crippen molar-refractivity contribution in [3.05, 3.63) is 77.1 Å². The van der Waals surface area contributed by atoms with Gasteiger partial charge in [0.25, 0.3) is 0 Å². The molecule has 5 fully saturated rings. The lowest BCUT2D eigenvalue weighted by atomic mass is 9.45. The third-order valence-corrected chi connectivity index (χ3v) is 14.4. The van der Waals surface area contributed by atoms with Gasteiger partial charge in [0, 0.05) is 36.9 Å². The van der Waals surface area contributed by atoms with Crippen LogP contribution in [-0.2, 0) is 42.7 Å². The molecule has 63 heavy (non-hydrogen) atoms. The molecule has 0 radical (unpaired) electrons. The van der Waals surface area contributed by atoms with Crippen LogP contribution in [0.5, 0.6) is 0 Å². The number of carbonyl (C=O) groups excluding carboxylic acids is 4. The number of aromatic nitrogens is 1. The number of fused-ring (bicyclic) bond motifs is 8. The maximum Gasteiger partial charge on any atom is 0.408 e. The largest absolute Gasteiger partial charge is 0.456 e. The van der Waals surface area contributed by atoms with E-state index in [-0.39, 0.29) is 24.3 Å². The van der Waals surface area contributed by atoms with Crippen molar-refractivity contribution in [2.45, 2.75) is 147 Å². The van der Waals surface area contributed by atoms with Crippen molar-refractivity contribution in [2.75, 3.05) is 26.2 Å². The molecule has 16 heteroatoms. The highest BCUT2D eigenvalue weighted by Crippen LogP contribution is 2.66. The molecule has 0 spiro atoms. The van der Waals surface area contributed by atoms with E-state index in [0.717, 1.165) is 19.5 Å². The predicted octanol–water partition coefficient (Wildman–Crippen LogP) is 4.57. The summed E-state index contributed by atoms with van der Waals surface area (Å²) in [5.41, 5.74) is -4.96. The SMILES string of the molecule is CC(=O)O[C@@]12CO[C@@H]1CC[C@]1(C)C2C(OC(=O)c2ccccc2)[C@]2(O)C[C@H](OC(=O)[C@H](O)[C@@H](NC(=O)OC(C)(C)C)c3ccccn3)C(C)=C([C@H]3O[C@@H](CN4CCC4)O[C@H]31)C2(C)C. The Labute approximate surface area is 367 Å². The molecule has 8 rings (SSSR count). The normalized spacial score (nSPS) is 35.4. The number of pyridine rings is 1. The summed E-state index contributed by atoms with van der Waals surface area (Å²) in [6.07, 6.45) is -5.13. The maximum atomic E-state index is 14.5. The molecule has 3 aliphatic heterocycles. The van der Waals surface area contributed by atoms with E-state index in [2.05, 4.69) is 15.2 Å². The third kappa shape index (κ3) is 7.94. The van der Waals surface area contributed by atoms with Crippen molar-refractivity contribution in [2.24, 2.45) is 16.7 Å². The van der Waals surface area contributed by atoms with E-state index in [4.69, 9.17) is 33.2 Å². The van der Waals surface area contributed by atoms with Crippen molar-refractivity contribution in [3.8, 4) is 0 Å². The van der Waals surface area contributed by atoms with Crippen molar-refractivity contribution in [1.29, 1.82) is 0 Å². The zero-order chi connectivity index (χ0) is 45.3. The molecule has 1 aromatic carbocycles. The Kier molecular flexibility index (Phi) is 11.8. The molecule has 2 bridgehead atoms. The summed E-state index contributed by atoms with van der Waals surface area (Å²) in [6.45, 7) is 16.2. The van der Waals surface area contributed by atoms with Crippen LogP contribution >= 0.6 is 0 Å². The van der Waals surface area contributed by atoms with Gasteiger partial charge >= 0.3 is 24.0 Å². The Morgan fingerprint density at radius 3 is 2.33 bits per heavy atom. The Bertz CT molecular complexity index is 2110. The number of aliphatic hydroxyl groups excluding tert-OH is 1. The molecule has 2 unspecified atom stereocenters. The zero-order valence-electron chi connectivity index (χ0n) is 37.3. The van der Waals surface area contributed by atoms with Crippen LogP contribution in [0.3, 0.4) is 0 Å². The van der Waals surface area contributed by atoms with Crippen LogP contribution < -0.4 is 5.32 Å². The smallest absolute Gasteiger partial charge is 0.408 e. The highest BCUT2D eigenvalue weighted by atomic mass is 16.7. The fraction of sp³-hybridized carbons (Fsp3) is 0.638. The summed E-state index contributed by atoms with van der Waals surface area (Å²) in [4.78, 5) is 61.7. The summed E-state index contributed by atoms with van der Waals surface area (Å²) in [7, 11) is 0. The van der Waals surface area contributed by atoms with Crippen molar-refractivity contribution >= 4 is 24.0 Å². The lowest BCUT2D eigenvalue weighted by Gasteiger charge is -2.68. The quantitative estimate of drug-likeness (QED) is 0.170. The van der Waals surface area contributed by atoms with E-state index in [1.807, 2.05) is 27.7 Å². The molecule has 2 saturated carbocycles. The number of aliphatic hydroxyl groups is 2. The number of alkyl carbamates (subject to hydrolysis) is 1. The van der Waals surface area contributed by atoms with Crippen LogP contribution in [0, 0.1) is 16.7 Å². The summed E-state index contributed by atoms with van der Waals surface area (Å²) >= 11 is 0. The van der Waals surface area contributed by atoms with Gasteiger partial charge in [-0.15, -0.1) is 0 Å². The van der Waals surface area contributed by atoms with Gasteiger partial charge in [-0.25, -0.2) is 14.4 Å². The van der Waals surface area contributed by atoms with Gasteiger partial charge < -0.3 is 48.7 Å². The van der Waals surface area contributed by atoms with Crippen LogP contribution in [0.25, 0.3) is 0 Å². The molecule has 342 valence electrons. The molecular formula is C47H61N3O13. The van der Waals surface area contributed by atoms with Crippen LogP contribution in [0.4, 0.5) is 4.79 Å². The van der Waals surface area contributed by atoms with Crippen molar-refractivity contribution in [3.63, 3.8) is 0 Å². The number of hydrogen-bond acceptors (Lipinski definition) is 15. The number of hydrogen-bond donors (Lipinski definition) is 3. The highest BCUT2D eigenvalue weighted by Gasteiger charge is 2.77. The molecule has 16 nitrogen and oxygen atoms in total. The number of ether oxygens (including phenoxy) is 7. The minimum Gasteiger partial charge on any atom is -0.456 e. The second kappa shape index (κ2) is 16.5. The minimum atomic E-state index is -2.06. The number of carbonyl (C=O) groups is 4. The van der Waals surface area contributed by atoms with Gasteiger partial charge in [-0.2, -0.15) is 0 Å². The number of amides is 1. The molecule has 12 atom stereocenters. The Balaban J connectivity index is 1.26. The molecule has 4 heterocycles. The number of benzene rings is 1. The average molecular weight is 876 g/mol. The zero-order valence-corrected chi connectivity index (χ0v) is 37.3. The van der Waals surface area contributed by atoms with Crippen LogP contribution in [0.2, 0.25) is 0 Å². The number of rotatable bonds is 10. The van der Waals surface area contributed by atoms with E-state index in [0.29, 0.717) is 30.5 Å². The van der Waals surface area contributed by atoms with Gasteiger partial charge in [-0.1, -0.05) is 45.0 Å². The lowest BCUT2D eigenvalue weighted by Crippen LogP contribution is -2.79. The van der Waals surface area contributed by atoms with Crippen molar-refractivity contribution in [1.82, 2.24) is 15.2 Å². The summed E-state index contributed by atoms with van der Waals surface area (Å²) in [6, 6.07) is 11.9. The van der Waals surface area contributed by atoms with Gasteiger partial charge in [0.2, 0.25) is 0 Å². The first-order valence-electron chi connectivity index (χ1n) is 22.0. The summed E-state index contributed by atoms with van der Waals surface area (Å²) in [5.74, 6) is -3.32. The second-order valence-electron chi connectivity index (χ2n) is 19.9. The van der Waals surface area contributed by atoms with Crippen LogP contribution in [-0.4, -0.2) is 130 Å². The monoisotopic (exact) mass is 875 g/mol. The molecule has 1 amide bonds. The van der Waals surface area contributed by atoms with Gasteiger partial charge in [0.15, 0.2) is 18.0 Å². The first-order valence-corrected chi connectivity index (χ1v) is 22.0. The topological polar surface area (TPSA) is 202 Å². The number of nitrogens with one attached hydrogen (secondary N) is 1. The van der Waals surface area contributed by atoms with Crippen LogP contribution in [0.15, 0.2) is 65.9 Å². The van der Waals surface area contributed by atoms with Crippen LogP contribution in [0.1, 0.15) is 103 Å². The van der Waals surface area contributed by atoms with E-state index in [9.17, 15) is 29.4 Å². The number of esters is 3. The molecule has 3 saturated heterocycles. The Morgan fingerprint density at radius 1 is 1.02 bits per heavy atom. The fourth-order valence-electron chi connectivity index (χ4n) is 11.2. The molecule has 3 N–H and O–H groups in total. The standard InChI is InChI=1S/C47H61N3O13/c1-26-30(58-41(54)35(52)34(29-17-12-13-20-48-29)49-42(55)63-43(3,4)5)23-47(56)39(61-40(53)28-15-10-9-11-16-28)37-45(8,19-18-31-46(37,25-57-31)62-27(2)51)38-36(33(26)44(47,6)7)59-32(60-38)24-50-21-14-22-50/h9-13,15-17,20,30-32,34-39,52,56H,14,18-19,21-25H2,1-8H3,(H,49,55)/t30-,31+,32+,34-,35+,36+,37?,38+,39?,45+,46-,47+/m0/s1. The number of likely N-dealkylation sites (tertiary alicyclic amines) is 1. The van der Waals surface area contributed by atoms with E-state index < -0.39 is 107 Å². The molecule has 6 aliphatic rings. The summed E-state index contributed by atoms with van der Waals surface area (Å²) in [5, 5.41) is 28.3. The Hall–Kier alpha value is -4.45. The lowest BCUT2D eigenvalue weighted by molar-refractivity contribution is -0.345.